The van der Waals surface area contributed by atoms with Gasteiger partial charge in [0.05, 0.1) is 17.6 Å². The molecule has 0 bridgehead atoms. The van der Waals surface area contributed by atoms with Crippen LogP contribution in [0.25, 0.3) is 11.0 Å². The van der Waals surface area contributed by atoms with Gasteiger partial charge in [-0.1, -0.05) is 19.9 Å². The van der Waals surface area contributed by atoms with Crippen LogP contribution >= 0.6 is 0 Å². The van der Waals surface area contributed by atoms with Crippen LogP contribution in [0.1, 0.15) is 24.2 Å². The first-order valence-corrected chi connectivity index (χ1v) is 7.29. The lowest BCUT2D eigenvalue weighted by molar-refractivity contribution is 0.104. The summed E-state index contributed by atoms with van der Waals surface area (Å²) in [6.45, 7) is 5.37. The molecular formula is C16H22N4O2. The van der Waals surface area contributed by atoms with E-state index in [4.69, 9.17) is 4.74 Å². The summed E-state index contributed by atoms with van der Waals surface area (Å²) in [6, 6.07) is 0. The standard InChI is InChI=1S/C16H22N4O2/c1-11(2)9-22-16-14-12(8-17-15(14)18-10-19-16)13(21)6-5-7-20(3)4/h5-6,8,10-11H,7,9H2,1-4H3,(H,17,18,19)/b6-5+. The smallest absolute Gasteiger partial charge is 0.226 e. The van der Waals surface area contributed by atoms with Crippen LogP contribution in [0.2, 0.25) is 0 Å². The van der Waals surface area contributed by atoms with Crippen molar-refractivity contribution < 1.29 is 9.53 Å². The second kappa shape index (κ2) is 7.17. The van der Waals surface area contributed by atoms with Crippen molar-refractivity contribution in [3.05, 3.63) is 30.2 Å². The highest BCUT2D eigenvalue weighted by Gasteiger charge is 2.16. The molecule has 22 heavy (non-hydrogen) atoms. The third-order valence-corrected chi connectivity index (χ3v) is 2.99. The number of hydrogen-bond donors (Lipinski definition) is 1. The second-order valence-corrected chi connectivity index (χ2v) is 5.84. The van der Waals surface area contributed by atoms with Crippen LogP contribution in [0, 0.1) is 5.92 Å². The number of likely N-dealkylation sites (N-methyl/N-ethyl adjacent to an activating group) is 1. The summed E-state index contributed by atoms with van der Waals surface area (Å²) >= 11 is 0. The third-order valence-electron chi connectivity index (χ3n) is 2.99. The summed E-state index contributed by atoms with van der Waals surface area (Å²) in [7, 11) is 3.90. The van der Waals surface area contributed by atoms with Gasteiger partial charge < -0.3 is 14.6 Å². The Bertz CT molecular complexity index is 674. The minimum absolute atomic E-state index is 0.0858. The molecule has 0 saturated heterocycles. The normalized spacial score (nSPS) is 11.9. The fourth-order valence-corrected chi connectivity index (χ4v) is 1.94. The number of fused-ring (bicyclic) bond motifs is 1. The van der Waals surface area contributed by atoms with Crippen LogP contribution in [0.4, 0.5) is 0 Å². The third kappa shape index (κ3) is 3.92. The number of allylic oxidation sites excluding steroid dienone is 1. The average molecular weight is 302 g/mol. The molecule has 0 aliphatic rings. The van der Waals surface area contributed by atoms with Crippen molar-refractivity contribution in [2.75, 3.05) is 27.2 Å². The van der Waals surface area contributed by atoms with Gasteiger partial charge in [0, 0.05) is 12.7 Å². The number of ether oxygens (including phenoxy) is 1. The average Bonchev–Trinajstić information content (AvgIpc) is 2.89. The molecule has 1 N–H and O–H groups in total. The molecule has 0 aromatic carbocycles. The van der Waals surface area contributed by atoms with Crippen molar-refractivity contribution in [2.24, 2.45) is 5.92 Å². The molecular weight excluding hydrogens is 280 g/mol. The maximum Gasteiger partial charge on any atom is 0.226 e. The minimum Gasteiger partial charge on any atom is -0.477 e. The summed E-state index contributed by atoms with van der Waals surface area (Å²) in [5.41, 5.74) is 1.14. The van der Waals surface area contributed by atoms with Crippen molar-refractivity contribution in [3.63, 3.8) is 0 Å². The number of H-pyrrole nitrogens is 1. The molecule has 2 rings (SSSR count). The van der Waals surface area contributed by atoms with Crippen LogP contribution in [-0.4, -0.2) is 52.9 Å². The molecule has 0 radical (unpaired) electrons. The topological polar surface area (TPSA) is 71.1 Å². The number of rotatable bonds is 7. The quantitative estimate of drug-likeness (QED) is 0.627. The van der Waals surface area contributed by atoms with Gasteiger partial charge in [0.25, 0.3) is 0 Å². The first kappa shape index (κ1) is 16.2. The van der Waals surface area contributed by atoms with E-state index in [0.717, 1.165) is 0 Å². The maximum absolute atomic E-state index is 12.4. The van der Waals surface area contributed by atoms with Gasteiger partial charge in [0.2, 0.25) is 5.88 Å². The number of ketones is 1. The number of hydrogen-bond acceptors (Lipinski definition) is 5. The molecule has 0 fully saturated rings. The lowest BCUT2D eigenvalue weighted by Gasteiger charge is -2.08. The molecule has 0 unspecified atom stereocenters. The van der Waals surface area contributed by atoms with E-state index in [9.17, 15) is 4.79 Å². The van der Waals surface area contributed by atoms with Crippen molar-refractivity contribution in [1.29, 1.82) is 0 Å². The monoisotopic (exact) mass is 302 g/mol. The van der Waals surface area contributed by atoms with Gasteiger partial charge in [0.15, 0.2) is 5.78 Å². The molecule has 0 aliphatic carbocycles. The Hall–Kier alpha value is -2.21. The Morgan fingerprint density at radius 2 is 2.18 bits per heavy atom. The molecule has 2 aromatic heterocycles. The second-order valence-electron chi connectivity index (χ2n) is 5.84. The number of aromatic nitrogens is 3. The lowest BCUT2D eigenvalue weighted by Crippen LogP contribution is -2.11. The lowest BCUT2D eigenvalue weighted by atomic mass is 10.1. The zero-order chi connectivity index (χ0) is 16.1. The van der Waals surface area contributed by atoms with Gasteiger partial charge in [-0.25, -0.2) is 9.97 Å². The van der Waals surface area contributed by atoms with E-state index < -0.39 is 0 Å². The fraction of sp³-hybridized carbons (Fsp3) is 0.438. The van der Waals surface area contributed by atoms with Crippen LogP contribution in [0.3, 0.4) is 0 Å². The van der Waals surface area contributed by atoms with Crippen LogP contribution in [0.5, 0.6) is 5.88 Å². The molecule has 2 aromatic rings. The number of carbonyl (C=O) groups is 1. The Morgan fingerprint density at radius 1 is 1.41 bits per heavy atom. The first-order chi connectivity index (χ1) is 10.5. The zero-order valence-corrected chi connectivity index (χ0v) is 13.5. The predicted molar refractivity (Wildman–Crippen MR) is 86.2 cm³/mol. The highest BCUT2D eigenvalue weighted by molar-refractivity contribution is 6.13. The maximum atomic E-state index is 12.4. The molecule has 0 aliphatic heterocycles. The Balaban J connectivity index is 2.30. The van der Waals surface area contributed by atoms with Crippen molar-refractivity contribution in [3.8, 4) is 5.88 Å². The number of carbonyl (C=O) groups excluding carboxylic acids is 1. The van der Waals surface area contributed by atoms with E-state index in [1.165, 1.54) is 6.33 Å². The Labute approximate surface area is 130 Å². The van der Waals surface area contributed by atoms with E-state index in [-0.39, 0.29) is 5.78 Å². The van der Waals surface area contributed by atoms with E-state index in [1.54, 1.807) is 12.3 Å². The van der Waals surface area contributed by atoms with Crippen LogP contribution in [-0.2, 0) is 0 Å². The van der Waals surface area contributed by atoms with Crippen molar-refractivity contribution in [2.45, 2.75) is 13.8 Å². The van der Waals surface area contributed by atoms with Gasteiger partial charge in [-0.3, -0.25) is 4.79 Å². The highest BCUT2D eigenvalue weighted by Crippen LogP contribution is 2.26. The van der Waals surface area contributed by atoms with Gasteiger partial charge in [0.1, 0.15) is 12.0 Å². The number of nitrogens with zero attached hydrogens (tertiary/aromatic N) is 3. The molecule has 0 amide bonds. The summed E-state index contributed by atoms with van der Waals surface area (Å²) in [6.07, 6.45) is 6.50. The fourth-order valence-electron chi connectivity index (χ4n) is 1.94. The van der Waals surface area contributed by atoms with Crippen LogP contribution < -0.4 is 4.74 Å². The molecule has 118 valence electrons. The van der Waals surface area contributed by atoms with Crippen LogP contribution in [0.15, 0.2) is 24.7 Å². The molecule has 6 nitrogen and oxygen atoms in total. The van der Waals surface area contributed by atoms with Gasteiger partial charge >= 0.3 is 0 Å². The van der Waals surface area contributed by atoms with E-state index in [0.29, 0.717) is 41.5 Å². The Kier molecular flexibility index (Phi) is 5.27. The van der Waals surface area contributed by atoms with Gasteiger partial charge in [-0.05, 0) is 26.1 Å². The molecule has 2 heterocycles. The minimum atomic E-state index is -0.0858. The molecule has 6 heteroatoms. The van der Waals surface area contributed by atoms with Crippen molar-refractivity contribution >= 4 is 16.8 Å². The van der Waals surface area contributed by atoms with E-state index >= 15 is 0 Å². The molecule has 0 atom stereocenters. The number of aromatic amines is 1. The summed E-state index contributed by atoms with van der Waals surface area (Å²) in [5.74, 6) is 0.740. The summed E-state index contributed by atoms with van der Waals surface area (Å²) < 4.78 is 5.72. The number of nitrogens with one attached hydrogen (secondary N) is 1. The van der Waals surface area contributed by atoms with E-state index in [1.807, 2.05) is 25.1 Å². The largest absolute Gasteiger partial charge is 0.477 e. The van der Waals surface area contributed by atoms with Gasteiger partial charge in [-0.2, -0.15) is 0 Å². The van der Waals surface area contributed by atoms with Gasteiger partial charge in [-0.15, -0.1) is 0 Å². The molecule has 0 saturated carbocycles. The summed E-state index contributed by atoms with van der Waals surface area (Å²) in [4.78, 5) is 25.7. The zero-order valence-electron chi connectivity index (χ0n) is 13.5. The molecule has 0 spiro atoms. The van der Waals surface area contributed by atoms with E-state index in [2.05, 4.69) is 28.8 Å². The highest BCUT2D eigenvalue weighted by atomic mass is 16.5. The SMILES string of the molecule is CC(C)COc1ncnc2[nH]cc(C(=O)/C=C/CN(C)C)c12. The predicted octanol–water partition coefficient (Wildman–Crippen LogP) is 2.29. The first-order valence-electron chi connectivity index (χ1n) is 7.29. The summed E-state index contributed by atoms with van der Waals surface area (Å²) in [5, 5.41) is 0.641. The Morgan fingerprint density at radius 3 is 2.86 bits per heavy atom. The van der Waals surface area contributed by atoms with Crippen molar-refractivity contribution in [1.82, 2.24) is 19.9 Å².